The number of carbonyl (C=O) groups excluding carboxylic acids is 1. The molecule has 33 heavy (non-hydrogen) atoms. The van der Waals surface area contributed by atoms with Crippen molar-refractivity contribution in [2.45, 2.75) is 30.6 Å². The summed E-state index contributed by atoms with van der Waals surface area (Å²) in [6.45, 7) is 2.37. The fourth-order valence-electron chi connectivity index (χ4n) is 4.42. The van der Waals surface area contributed by atoms with Crippen molar-refractivity contribution < 1.29 is 17.7 Å². The first-order valence-electron chi connectivity index (χ1n) is 11.2. The van der Waals surface area contributed by atoms with E-state index < -0.39 is 10.0 Å². The van der Waals surface area contributed by atoms with Crippen molar-refractivity contribution in [2.75, 3.05) is 26.2 Å². The smallest absolute Gasteiger partial charge is 0.258 e. The quantitative estimate of drug-likeness (QED) is 0.567. The highest BCUT2D eigenvalue weighted by Gasteiger charge is 2.34. The lowest BCUT2D eigenvalue weighted by Crippen LogP contribution is -2.43. The number of carbonyl (C=O) groups is 1. The van der Waals surface area contributed by atoms with Gasteiger partial charge in [0.05, 0.1) is 4.90 Å². The minimum atomic E-state index is -3.63. The highest BCUT2D eigenvalue weighted by Crippen LogP contribution is 2.28. The number of rotatable bonds is 5. The van der Waals surface area contributed by atoms with Crippen LogP contribution in [-0.4, -0.2) is 64.8 Å². The molecular weight excluding hydrogens is 442 g/mol. The number of piperidine rings is 1. The normalized spacial score (nSPS) is 18.0. The van der Waals surface area contributed by atoms with Gasteiger partial charge in [-0.25, -0.2) is 8.42 Å². The van der Waals surface area contributed by atoms with Gasteiger partial charge in [-0.1, -0.05) is 5.16 Å². The molecule has 3 aromatic rings. The second kappa shape index (κ2) is 9.03. The van der Waals surface area contributed by atoms with Crippen LogP contribution < -0.4 is 0 Å². The van der Waals surface area contributed by atoms with Crippen molar-refractivity contribution in [3.8, 4) is 22.8 Å². The third kappa shape index (κ3) is 4.40. The summed E-state index contributed by atoms with van der Waals surface area (Å²) in [5.74, 6) is 0.854. The molecule has 9 nitrogen and oxygen atoms in total. The molecule has 0 atom stereocenters. The minimum absolute atomic E-state index is 0.0789. The Bertz CT molecular complexity index is 1210. The summed E-state index contributed by atoms with van der Waals surface area (Å²) in [5, 5.41) is 4.00. The molecule has 2 aliphatic heterocycles. The Labute approximate surface area is 192 Å². The summed E-state index contributed by atoms with van der Waals surface area (Å²) in [5.41, 5.74) is 1.42. The lowest BCUT2D eigenvalue weighted by molar-refractivity contribution is -0.135. The van der Waals surface area contributed by atoms with Gasteiger partial charge in [-0.2, -0.15) is 9.29 Å². The highest BCUT2D eigenvalue weighted by atomic mass is 32.2. The Morgan fingerprint density at radius 2 is 1.58 bits per heavy atom. The van der Waals surface area contributed by atoms with E-state index >= 15 is 0 Å². The predicted molar refractivity (Wildman–Crippen MR) is 120 cm³/mol. The van der Waals surface area contributed by atoms with Crippen LogP contribution in [0.3, 0.4) is 0 Å². The number of likely N-dealkylation sites (tertiary alicyclic amines) is 1. The van der Waals surface area contributed by atoms with Crippen molar-refractivity contribution in [1.82, 2.24) is 24.3 Å². The monoisotopic (exact) mass is 467 g/mol. The average molecular weight is 468 g/mol. The van der Waals surface area contributed by atoms with E-state index in [1.807, 2.05) is 4.90 Å². The molecule has 4 heterocycles. The van der Waals surface area contributed by atoms with Crippen molar-refractivity contribution in [1.29, 1.82) is 0 Å². The van der Waals surface area contributed by atoms with Gasteiger partial charge in [-0.3, -0.25) is 9.78 Å². The molecule has 1 aromatic carbocycles. The summed E-state index contributed by atoms with van der Waals surface area (Å²) in [6, 6.07) is 10.0. The number of nitrogens with zero attached hydrogens (tertiary/aromatic N) is 5. The molecule has 0 bridgehead atoms. The van der Waals surface area contributed by atoms with Gasteiger partial charge in [0.2, 0.25) is 21.8 Å². The summed E-state index contributed by atoms with van der Waals surface area (Å²) < 4.78 is 33.1. The third-order valence-corrected chi connectivity index (χ3v) is 8.24. The molecule has 0 unspecified atom stereocenters. The van der Waals surface area contributed by atoms with Crippen LogP contribution >= 0.6 is 0 Å². The Morgan fingerprint density at radius 1 is 0.909 bits per heavy atom. The third-order valence-electron chi connectivity index (χ3n) is 6.32. The Balaban J connectivity index is 1.25. The zero-order valence-electron chi connectivity index (χ0n) is 18.1. The van der Waals surface area contributed by atoms with E-state index in [1.165, 1.54) is 4.31 Å². The maximum Gasteiger partial charge on any atom is 0.258 e. The van der Waals surface area contributed by atoms with Gasteiger partial charge in [0.25, 0.3) is 5.89 Å². The summed E-state index contributed by atoms with van der Waals surface area (Å²) in [4.78, 5) is 23.1. The molecule has 0 N–H and O–H groups in total. The molecule has 172 valence electrons. The van der Waals surface area contributed by atoms with Crippen LogP contribution in [-0.2, 0) is 14.8 Å². The zero-order chi connectivity index (χ0) is 22.8. The van der Waals surface area contributed by atoms with E-state index in [2.05, 4.69) is 15.1 Å². The Kier molecular flexibility index (Phi) is 5.94. The summed E-state index contributed by atoms with van der Waals surface area (Å²) in [6.07, 6.45) is 6.53. The SMILES string of the molecule is O=C(C1CCN(S(=O)(=O)c2ccc(-c3noc(-c4ccncc4)n3)cc2)CC1)N1CCCC1. The molecule has 2 aromatic heterocycles. The van der Waals surface area contributed by atoms with Crippen LogP contribution in [0.5, 0.6) is 0 Å². The van der Waals surface area contributed by atoms with E-state index in [0.717, 1.165) is 31.5 Å². The maximum absolute atomic E-state index is 13.1. The number of hydrogen-bond acceptors (Lipinski definition) is 7. The minimum Gasteiger partial charge on any atom is -0.342 e. The largest absolute Gasteiger partial charge is 0.342 e. The van der Waals surface area contributed by atoms with Crippen molar-refractivity contribution >= 4 is 15.9 Å². The van der Waals surface area contributed by atoms with Crippen molar-refractivity contribution in [3.05, 3.63) is 48.8 Å². The van der Waals surface area contributed by atoms with Gasteiger partial charge in [0.1, 0.15) is 0 Å². The maximum atomic E-state index is 13.1. The van der Waals surface area contributed by atoms with Crippen molar-refractivity contribution in [2.24, 2.45) is 5.92 Å². The molecule has 1 amide bonds. The number of sulfonamides is 1. The zero-order valence-corrected chi connectivity index (χ0v) is 18.9. The number of hydrogen-bond donors (Lipinski definition) is 0. The lowest BCUT2D eigenvalue weighted by atomic mass is 9.97. The molecule has 0 aliphatic carbocycles. The molecule has 0 saturated carbocycles. The van der Waals surface area contributed by atoms with E-state index in [4.69, 9.17) is 4.52 Å². The molecule has 2 saturated heterocycles. The van der Waals surface area contributed by atoms with Crippen LogP contribution in [0.25, 0.3) is 22.8 Å². The second-order valence-corrected chi connectivity index (χ2v) is 10.3. The van der Waals surface area contributed by atoms with E-state index in [-0.39, 0.29) is 16.7 Å². The number of benzene rings is 1. The van der Waals surface area contributed by atoms with Gasteiger partial charge in [-0.05, 0) is 62.1 Å². The van der Waals surface area contributed by atoms with E-state index in [1.54, 1.807) is 48.8 Å². The Hall–Kier alpha value is -3.11. The van der Waals surface area contributed by atoms with Crippen molar-refractivity contribution in [3.63, 3.8) is 0 Å². The average Bonchev–Trinajstić information content (AvgIpc) is 3.57. The lowest BCUT2D eigenvalue weighted by Gasteiger charge is -2.32. The van der Waals surface area contributed by atoms with Gasteiger partial charge < -0.3 is 9.42 Å². The molecular formula is C23H25N5O4S. The van der Waals surface area contributed by atoms with Crippen LogP contribution in [0, 0.1) is 5.92 Å². The highest BCUT2D eigenvalue weighted by molar-refractivity contribution is 7.89. The number of pyridine rings is 1. The molecule has 0 spiro atoms. The summed E-state index contributed by atoms with van der Waals surface area (Å²) in [7, 11) is -3.63. The van der Waals surface area contributed by atoms with E-state index in [9.17, 15) is 13.2 Å². The van der Waals surface area contributed by atoms with Gasteiger partial charge in [0, 0.05) is 55.6 Å². The van der Waals surface area contributed by atoms with Crippen LogP contribution in [0.4, 0.5) is 0 Å². The standard InChI is InChI=1S/C23H25N5O4S/c29-23(27-13-1-2-14-27)19-9-15-28(16-10-19)33(30,31)20-5-3-17(4-6-20)21-25-22(32-26-21)18-7-11-24-12-8-18/h3-8,11-12,19H,1-2,9-10,13-16H2. The number of aromatic nitrogens is 3. The molecule has 2 aliphatic rings. The fourth-order valence-corrected chi connectivity index (χ4v) is 5.89. The van der Waals surface area contributed by atoms with Gasteiger partial charge in [0.15, 0.2) is 0 Å². The molecule has 5 rings (SSSR count). The van der Waals surface area contributed by atoms with Crippen LogP contribution in [0.1, 0.15) is 25.7 Å². The molecule has 2 fully saturated rings. The Morgan fingerprint density at radius 3 is 2.24 bits per heavy atom. The fraction of sp³-hybridized carbons (Fsp3) is 0.391. The number of amides is 1. The van der Waals surface area contributed by atoms with Gasteiger partial charge in [-0.15, -0.1) is 0 Å². The summed E-state index contributed by atoms with van der Waals surface area (Å²) >= 11 is 0. The molecule has 0 radical (unpaired) electrons. The predicted octanol–water partition coefficient (Wildman–Crippen LogP) is 2.82. The van der Waals surface area contributed by atoms with E-state index in [0.29, 0.717) is 43.2 Å². The first-order chi connectivity index (χ1) is 16.0. The first-order valence-corrected chi connectivity index (χ1v) is 12.6. The molecule has 10 heteroatoms. The van der Waals surface area contributed by atoms with Gasteiger partial charge >= 0.3 is 0 Å². The first kappa shape index (κ1) is 21.7. The topological polar surface area (TPSA) is 110 Å². The second-order valence-electron chi connectivity index (χ2n) is 8.39. The van der Waals surface area contributed by atoms with Crippen LogP contribution in [0.2, 0.25) is 0 Å². The van der Waals surface area contributed by atoms with Crippen LogP contribution in [0.15, 0.2) is 58.2 Å².